The van der Waals surface area contributed by atoms with Gasteiger partial charge in [-0.3, -0.25) is 4.79 Å². The Morgan fingerprint density at radius 2 is 2.25 bits per heavy atom. The minimum atomic E-state index is -0.928. The van der Waals surface area contributed by atoms with Gasteiger partial charge < -0.3 is 4.74 Å². The van der Waals surface area contributed by atoms with Crippen molar-refractivity contribution in [3.8, 4) is 0 Å². The van der Waals surface area contributed by atoms with Crippen molar-refractivity contribution >= 4 is 17.7 Å². The van der Waals surface area contributed by atoms with Crippen LogP contribution in [0.3, 0.4) is 0 Å². The number of hydrogen-bond donors (Lipinski definition) is 1. The van der Waals surface area contributed by atoms with E-state index in [1.807, 2.05) is 0 Å². The molecule has 0 saturated carbocycles. The van der Waals surface area contributed by atoms with Crippen LogP contribution in [0.2, 0.25) is 0 Å². The van der Waals surface area contributed by atoms with Gasteiger partial charge in [0.25, 0.3) is 5.91 Å². The molecule has 1 aliphatic heterocycles. The maximum Gasteiger partial charge on any atom is 0.253 e. The van der Waals surface area contributed by atoms with E-state index in [0.29, 0.717) is 11.5 Å². The van der Waals surface area contributed by atoms with Crippen LogP contribution in [-0.2, 0) is 14.4 Å². The first-order chi connectivity index (χ1) is 9.65. The lowest BCUT2D eigenvalue weighted by Crippen LogP contribution is -2.33. The van der Waals surface area contributed by atoms with E-state index in [0.717, 1.165) is 43.2 Å². The maximum atomic E-state index is 13.0. The summed E-state index contributed by atoms with van der Waals surface area (Å²) >= 11 is 1.10. The number of hydroxylamine groups is 1. The third-order valence-corrected chi connectivity index (χ3v) is 3.70. The van der Waals surface area contributed by atoms with Gasteiger partial charge in [0.15, 0.2) is 17.9 Å². The lowest BCUT2D eigenvalue weighted by atomic mass is 10.2. The highest BCUT2D eigenvalue weighted by Crippen LogP contribution is 2.20. The molecule has 0 aromatic heterocycles. The van der Waals surface area contributed by atoms with Gasteiger partial charge in [-0.1, -0.05) is 0 Å². The zero-order valence-corrected chi connectivity index (χ0v) is 11.6. The molecular formula is C13H15F2NO3S. The number of ether oxygens (including phenoxy) is 1. The van der Waals surface area contributed by atoms with Crippen molar-refractivity contribution in [3.05, 3.63) is 29.8 Å². The van der Waals surface area contributed by atoms with E-state index >= 15 is 0 Å². The summed E-state index contributed by atoms with van der Waals surface area (Å²) in [6.45, 7) is 0.629. The molecule has 1 aromatic rings. The smallest absolute Gasteiger partial charge is 0.253 e. The first-order valence-corrected chi connectivity index (χ1v) is 7.27. The van der Waals surface area contributed by atoms with Crippen molar-refractivity contribution in [2.75, 3.05) is 12.4 Å². The summed E-state index contributed by atoms with van der Waals surface area (Å²) in [5.41, 5.74) is 2.30. The van der Waals surface area contributed by atoms with E-state index in [-0.39, 0.29) is 11.7 Å². The normalized spacial score (nSPS) is 18.8. The van der Waals surface area contributed by atoms with Crippen LogP contribution in [0.15, 0.2) is 23.1 Å². The first-order valence-electron chi connectivity index (χ1n) is 6.29. The van der Waals surface area contributed by atoms with E-state index in [9.17, 15) is 13.6 Å². The molecule has 0 bridgehead atoms. The average Bonchev–Trinajstić information content (AvgIpc) is 2.47. The fourth-order valence-corrected chi connectivity index (χ4v) is 2.39. The second kappa shape index (κ2) is 7.56. The number of hydrogen-bond acceptors (Lipinski definition) is 4. The predicted molar refractivity (Wildman–Crippen MR) is 69.9 cm³/mol. The van der Waals surface area contributed by atoms with Gasteiger partial charge in [0.2, 0.25) is 0 Å². The fraction of sp³-hybridized carbons (Fsp3) is 0.462. The number of thioether (sulfide) groups is 1. The number of benzene rings is 1. The number of carbonyl (C=O) groups is 1. The summed E-state index contributed by atoms with van der Waals surface area (Å²) in [6.07, 6.45) is 2.35. The third kappa shape index (κ3) is 4.73. The molecule has 110 valence electrons. The summed E-state index contributed by atoms with van der Waals surface area (Å²) in [4.78, 5) is 17.1. The zero-order chi connectivity index (χ0) is 14.4. The van der Waals surface area contributed by atoms with E-state index in [1.54, 1.807) is 0 Å². The van der Waals surface area contributed by atoms with E-state index in [4.69, 9.17) is 9.57 Å². The topological polar surface area (TPSA) is 47.6 Å². The van der Waals surface area contributed by atoms with Crippen molar-refractivity contribution in [2.24, 2.45) is 0 Å². The Hall–Kier alpha value is -1.18. The molecular weight excluding hydrogens is 288 g/mol. The van der Waals surface area contributed by atoms with Gasteiger partial charge in [-0.2, -0.15) is 0 Å². The summed E-state index contributed by atoms with van der Waals surface area (Å²) in [7, 11) is 0. The molecule has 1 atom stereocenters. The second-order valence-corrected chi connectivity index (χ2v) is 5.35. The Kier molecular flexibility index (Phi) is 5.75. The molecule has 0 unspecified atom stereocenters. The van der Waals surface area contributed by atoms with Crippen LogP contribution in [0.5, 0.6) is 0 Å². The van der Waals surface area contributed by atoms with Gasteiger partial charge in [-0.15, -0.1) is 11.8 Å². The van der Waals surface area contributed by atoms with E-state index in [1.165, 1.54) is 6.07 Å². The Morgan fingerprint density at radius 3 is 2.95 bits per heavy atom. The highest BCUT2D eigenvalue weighted by Gasteiger charge is 2.15. The molecule has 1 aliphatic rings. The summed E-state index contributed by atoms with van der Waals surface area (Å²) in [5.74, 6) is -2.13. The van der Waals surface area contributed by atoms with Crippen LogP contribution < -0.4 is 5.48 Å². The monoisotopic (exact) mass is 303 g/mol. The maximum absolute atomic E-state index is 13.0. The van der Waals surface area contributed by atoms with Crippen molar-refractivity contribution in [1.82, 2.24) is 5.48 Å². The van der Waals surface area contributed by atoms with Crippen molar-refractivity contribution in [1.29, 1.82) is 0 Å². The van der Waals surface area contributed by atoms with Gasteiger partial charge in [0.05, 0.1) is 5.75 Å². The lowest BCUT2D eigenvalue weighted by molar-refractivity contribution is -0.199. The third-order valence-electron chi connectivity index (χ3n) is 2.70. The largest absolute Gasteiger partial charge is 0.350 e. The molecule has 1 heterocycles. The molecule has 0 radical (unpaired) electrons. The second-order valence-electron chi connectivity index (χ2n) is 4.30. The quantitative estimate of drug-likeness (QED) is 0.671. The summed E-state index contributed by atoms with van der Waals surface area (Å²) < 4.78 is 31.0. The van der Waals surface area contributed by atoms with Gasteiger partial charge >= 0.3 is 0 Å². The molecule has 20 heavy (non-hydrogen) atoms. The van der Waals surface area contributed by atoms with Crippen LogP contribution in [-0.4, -0.2) is 24.6 Å². The van der Waals surface area contributed by atoms with Crippen LogP contribution in [0, 0.1) is 11.6 Å². The van der Waals surface area contributed by atoms with Crippen LogP contribution >= 0.6 is 11.8 Å². The van der Waals surface area contributed by atoms with Crippen LogP contribution in [0.1, 0.15) is 19.3 Å². The predicted octanol–water partition coefficient (Wildman–Crippen LogP) is 2.63. The molecule has 1 N–H and O–H groups in total. The summed E-state index contributed by atoms with van der Waals surface area (Å²) in [5, 5.41) is 0. The summed E-state index contributed by atoms with van der Waals surface area (Å²) in [6, 6.07) is 3.50. The molecule has 0 aliphatic carbocycles. The number of nitrogens with one attached hydrogen (secondary N) is 1. The number of rotatable bonds is 5. The van der Waals surface area contributed by atoms with Crippen molar-refractivity contribution in [2.45, 2.75) is 30.4 Å². The minimum Gasteiger partial charge on any atom is -0.350 e. The molecule has 0 spiro atoms. The number of halogens is 2. The van der Waals surface area contributed by atoms with Gasteiger partial charge in [0, 0.05) is 17.9 Å². The van der Waals surface area contributed by atoms with Crippen molar-refractivity contribution < 1.29 is 23.1 Å². The minimum absolute atomic E-state index is 0.0534. The molecule has 1 fully saturated rings. The lowest BCUT2D eigenvalue weighted by Gasteiger charge is -2.22. The van der Waals surface area contributed by atoms with Crippen molar-refractivity contribution in [3.63, 3.8) is 0 Å². The van der Waals surface area contributed by atoms with Gasteiger partial charge in [0.1, 0.15) is 0 Å². The van der Waals surface area contributed by atoms with Gasteiger partial charge in [-0.25, -0.2) is 19.1 Å². The molecule has 1 saturated heterocycles. The standard InChI is InChI=1S/C13H15F2NO3S/c14-10-5-4-9(7-11(10)15)20-8-12(17)16-19-13-3-1-2-6-18-13/h4-5,7,13H,1-3,6,8H2,(H,16,17)/t13-/m0/s1. The molecule has 1 aromatic carbocycles. The highest BCUT2D eigenvalue weighted by molar-refractivity contribution is 8.00. The molecule has 2 rings (SSSR count). The molecule has 4 nitrogen and oxygen atoms in total. The Bertz CT molecular complexity index is 467. The van der Waals surface area contributed by atoms with Crippen LogP contribution in [0.4, 0.5) is 8.78 Å². The fourth-order valence-electron chi connectivity index (χ4n) is 1.68. The van der Waals surface area contributed by atoms with E-state index < -0.39 is 17.9 Å². The molecule has 7 heteroatoms. The van der Waals surface area contributed by atoms with E-state index in [2.05, 4.69) is 5.48 Å². The highest BCUT2D eigenvalue weighted by atomic mass is 32.2. The SMILES string of the molecule is O=C(CSc1ccc(F)c(F)c1)NO[C@H]1CCCCO1. The average molecular weight is 303 g/mol. The first kappa shape index (κ1) is 15.2. The Balaban J connectivity index is 1.70. The number of carbonyl (C=O) groups excluding carboxylic acids is 1. The molecule has 1 amide bonds. The van der Waals surface area contributed by atoms with Crippen LogP contribution in [0.25, 0.3) is 0 Å². The number of amides is 1. The zero-order valence-electron chi connectivity index (χ0n) is 10.7. The Morgan fingerprint density at radius 1 is 1.40 bits per heavy atom. The Labute approximate surface area is 119 Å². The van der Waals surface area contributed by atoms with Gasteiger partial charge in [-0.05, 0) is 31.0 Å².